The highest BCUT2D eigenvalue weighted by molar-refractivity contribution is 7.89. The number of urea groups is 1. The van der Waals surface area contributed by atoms with E-state index in [0.717, 1.165) is 50.9 Å². The van der Waals surface area contributed by atoms with Crippen molar-refractivity contribution in [1.29, 1.82) is 0 Å². The van der Waals surface area contributed by atoms with E-state index in [0.29, 0.717) is 25.3 Å². The van der Waals surface area contributed by atoms with Gasteiger partial charge in [0.2, 0.25) is 10.0 Å². The lowest BCUT2D eigenvalue weighted by Crippen LogP contribution is -2.36. The second-order valence-electron chi connectivity index (χ2n) is 7.53. The molecule has 2 N–H and O–H groups in total. The van der Waals surface area contributed by atoms with Crippen molar-refractivity contribution in [3.63, 3.8) is 0 Å². The molecule has 8 heteroatoms. The fourth-order valence-corrected chi connectivity index (χ4v) is 5.49. The molecule has 3 rings (SSSR count). The number of rotatable bonds is 5. The van der Waals surface area contributed by atoms with Crippen LogP contribution in [0, 0.1) is 0 Å². The lowest BCUT2D eigenvalue weighted by Gasteiger charge is -2.28. The van der Waals surface area contributed by atoms with Gasteiger partial charge in [-0.1, -0.05) is 19.3 Å². The minimum Gasteiger partial charge on any atom is -0.370 e. The fraction of sp³-hybridized carbons (Fsp3) is 0.650. The van der Waals surface area contributed by atoms with Crippen molar-refractivity contribution in [3.8, 4) is 0 Å². The Morgan fingerprint density at radius 1 is 0.964 bits per heavy atom. The zero-order chi connectivity index (χ0) is 20.0. The van der Waals surface area contributed by atoms with Gasteiger partial charge < -0.3 is 15.5 Å². The number of anilines is 2. The van der Waals surface area contributed by atoms with Crippen LogP contribution in [-0.4, -0.2) is 51.5 Å². The molecule has 0 unspecified atom stereocenters. The van der Waals surface area contributed by atoms with Crippen LogP contribution in [0.15, 0.2) is 23.1 Å². The van der Waals surface area contributed by atoms with Gasteiger partial charge in [0.05, 0.1) is 16.3 Å². The SMILES string of the molecule is CCNC(=O)Nc1cc(S(=O)(=O)N2CCCCC2)ccc1N1CCCCCC1. The van der Waals surface area contributed by atoms with Crippen molar-refractivity contribution in [3.05, 3.63) is 18.2 Å². The smallest absolute Gasteiger partial charge is 0.319 e. The number of benzene rings is 1. The number of piperidine rings is 1. The molecule has 7 nitrogen and oxygen atoms in total. The van der Waals surface area contributed by atoms with Gasteiger partial charge in [-0.15, -0.1) is 0 Å². The quantitative estimate of drug-likeness (QED) is 0.782. The maximum Gasteiger partial charge on any atom is 0.319 e. The highest BCUT2D eigenvalue weighted by Gasteiger charge is 2.27. The van der Waals surface area contributed by atoms with E-state index in [-0.39, 0.29) is 10.9 Å². The molecule has 0 radical (unpaired) electrons. The summed E-state index contributed by atoms with van der Waals surface area (Å²) in [7, 11) is -3.54. The van der Waals surface area contributed by atoms with E-state index in [1.807, 2.05) is 13.0 Å². The van der Waals surface area contributed by atoms with E-state index in [9.17, 15) is 13.2 Å². The second kappa shape index (κ2) is 9.60. The van der Waals surface area contributed by atoms with Crippen LogP contribution in [-0.2, 0) is 10.0 Å². The van der Waals surface area contributed by atoms with Gasteiger partial charge in [-0.25, -0.2) is 13.2 Å². The Morgan fingerprint density at radius 2 is 1.57 bits per heavy atom. The second-order valence-corrected chi connectivity index (χ2v) is 9.47. The molecule has 28 heavy (non-hydrogen) atoms. The van der Waals surface area contributed by atoms with Crippen LogP contribution >= 0.6 is 0 Å². The lowest BCUT2D eigenvalue weighted by atomic mass is 10.2. The molecule has 0 aromatic heterocycles. The van der Waals surface area contributed by atoms with E-state index in [1.165, 1.54) is 12.8 Å². The monoisotopic (exact) mass is 408 g/mol. The molecular formula is C20H32N4O3S. The maximum absolute atomic E-state index is 13.1. The van der Waals surface area contributed by atoms with Gasteiger partial charge in [-0.05, 0) is 50.8 Å². The first-order chi connectivity index (χ1) is 13.5. The lowest BCUT2D eigenvalue weighted by molar-refractivity contribution is 0.252. The minimum absolute atomic E-state index is 0.250. The van der Waals surface area contributed by atoms with Crippen molar-refractivity contribution in [2.75, 3.05) is 42.9 Å². The van der Waals surface area contributed by atoms with Gasteiger partial charge in [0, 0.05) is 32.7 Å². The molecule has 0 atom stereocenters. The molecule has 2 fully saturated rings. The highest BCUT2D eigenvalue weighted by atomic mass is 32.2. The maximum atomic E-state index is 13.1. The van der Waals surface area contributed by atoms with E-state index in [1.54, 1.807) is 16.4 Å². The third-order valence-corrected chi connectivity index (χ3v) is 7.35. The van der Waals surface area contributed by atoms with Gasteiger partial charge in [-0.3, -0.25) is 0 Å². The number of carbonyl (C=O) groups is 1. The molecule has 0 bridgehead atoms. The Kier molecular flexibility index (Phi) is 7.18. The van der Waals surface area contributed by atoms with Crippen LogP contribution in [0.3, 0.4) is 0 Å². The summed E-state index contributed by atoms with van der Waals surface area (Å²) in [5.41, 5.74) is 1.46. The van der Waals surface area contributed by atoms with Crippen molar-refractivity contribution < 1.29 is 13.2 Å². The number of sulfonamides is 1. The summed E-state index contributed by atoms with van der Waals surface area (Å²) < 4.78 is 27.7. The van der Waals surface area contributed by atoms with Crippen LogP contribution in [0.1, 0.15) is 51.9 Å². The Bertz CT molecular complexity index is 768. The summed E-state index contributed by atoms with van der Waals surface area (Å²) in [5, 5.41) is 5.60. The van der Waals surface area contributed by atoms with Gasteiger partial charge in [-0.2, -0.15) is 4.31 Å². The van der Waals surface area contributed by atoms with Crippen LogP contribution in [0.4, 0.5) is 16.2 Å². The molecule has 2 heterocycles. The van der Waals surface area contributed by atoms with Crippen molar-refractivity contribution in [2.24, 2.45) is 0 Å². The van der Waals surface area contributed by atoms with E-state index >= 15 is 0 Å². The number of carbonyl (C=O) groups excluding carboxylic acids is 1. The topological polar surface area (TPSA) is 81.8 Å². The van der Waals surface area contributed by atoms with Gasteiger partial charge in [0.1, 0.15) is 0 Å². The Balaban J connectivity index is 1.93. The highest BCUT2D eigenvalue weighted by Crippen LogP contribution is 2.32. The number of nitrogens with one attached hydrogen (secondary N) is 2. The Morgan fingerprint density at radius 3 is 2.21 bits per heavy atom. The molecule has 0 aliphatic carbocycles. The van der Waals surface area contributed by atoms with E-state index in [2.05, 4.69) is 15.5 Å². The van der Waals surface area contributed by atoms with Gasteiger partial charge in [0.25, 0.3) is 0 Å². The van der Waals surface area contributed by atoms with E-state index < -0.39 is 10.0 Å². The number of hydrogen-bond donors (Lipinski definition) is 2. The number of nitrogens with zero attached hydrogens (tertiary/aromatic N) is 2. The van der Waals surface area contributed by atoms with Crippen molar-refractivity contribution in [1.82, 2.24) is 9.62 Å². The largest absolute Gasteiger partial charge is 0.370 e. The average molecular weight is 409 g/mol. The first-order valence-electron chi connectivity index (χ1n) is 10.5. The van der Waals surface area contributed by atoms with Crippen molar-refractivity contribution >= 4 is 27.4 Å². The van der Waals surface area contributed by atoms with Crippen molar-refractivity contribution in [2.45, 2.75) is 56.8 Å². The normalized spacial score (nSPS) is 19.1. The summed E-state index contributed by atoms with van der Waals surface area (Å²) in [6, 6.07) is 4.85. The molecule has 2 saturated heterocycles. The Labute approximate surface area is 168 Å². The fourth-order valence-electron chi connectivity index (χ4n) is 3.94. The van der Waals surface area contributed by atoms with Crippen LogP contribution in [0.25, 0.3) is 0 Å². The first-order valence-corrected chi connectivity index (χ1v) is 11.9. The van der Waals surface area contributed by atoms with Crippen LogP contribution < -0.4 is 15.5 Å². The standard InChI is InChI=1S/C20H32N4O3S/c1-2-21-20(25)22-18-16-17(28(26,27)24-14-8-5-9-15-24)10-11-19(18)23-12-6-3-4-7-13-23/h10-11,16H,2-9,12-15H2,1H3,(H2,21,22,25). The molecule has 2 amide bonds. The van der Waals surface area contributed by atoms with Crippen LogP contribution in [0.2, 0.25) is 0 Å². The Hall–Kier alpha value is -1.80. The third-order valence-electron chi connectivity index (χ3n) is 5.45. The summed E-state index contributed by atoms with van der Waals surface area (Å²) in [6.45, 7) is 5.33. The molecule has 1 aromatic carbocycles. The number of amides is 2. The average Bonchev–Trinajstić information content (AvgIpc) is 2.98. The molecule has 156 valence electrons. The zero-order valence-corrected chi connectivity index (χ0v) is 17.6. The summed E-state index contributed by atoms with van der Waals surface area (Å²) >= 11 is 0. The van der Waals surface area contributed by atoms with E-state index in [4.69, 9.17) is 0 Å². The number of hydrogen-bond acceptors (Lipinski definition) is 4. The molecule has 1 aromatic rings. The summed E-state index contributed by atoms with van der Waals surface area (Å²) in [4.78, 5) is 14.7. The molecular weight excluding hydrogens is 376 g/mol. The van der Waals surface area contributed by atoms with Gasteiger partial charge in [0.15, 0.2) is 0 Å². The zero-order valence-electron chi connectivity index (χ0n) is 16.7. The predicted octanol–water partition coefficient (Wildman–Crippen LogP) is 3.38. The predicted molar refractivity (Wildman–Crippen MR) is 112 cm³/mol. The molecule has 2 aliphatic heterocycles. The van der Waals surface area contributed by atoms with Crippen LogP contribution in [0.5, 0.6) is 0 Å². The molecule has 0 spiro atoms. The third kappa shape index (κ3) is 4.97. The molecule has 0 saturated carbocycles. The summed E-state index contributed by atoms with van der Waals surface area (Å²) in [5.74, 6) is 0. The summed E-state index contributed by atoms with van der Waals surface area (Å²) in [6.07, 6.45) is 7.49. The van der Waals surface area contributed by atoms with Gasteiger partial charge >= 0.3 is 6.03 Å². The first kappa shape index (κ1) is 20.9. The minimum atomic E-state index is -3.54. The molecule has 2 aliphatic rings.